The number of fused-ring (bicyclic) bond motifs is 3. The zero-order chi connectivity index (χ0) is 26.3. The lowest BCUT2D eigenvalue weighted by atomic mass is 10.0. The maximum atomic E-state index is 12.8. The van der Waals surface area contributed by atoms with Gasteiger partial charge in [-0.3, -0.25) is 0 Å². The molecule has 3 aromatic rings. The van der Waals surface area contributed by atoms with Gasteiger partial charge in [-0.2, -0.15) is 5.10 Å². The molecule has 1 fully saturated rings. The van der Waals surface area contributed by atoms with Gasteiger partial charge in [-0.05, 0) is 84.9 Å². The molecule has 5 rings (SSSR count). The number of aromatic nitrogens is 5. The number of aryl methyl sites for hydroxylation is 1. The minimum Gasteiger partial charge on any atom is -0.491 e. The van der Waals surface area contributed by atoms with Crippen LogP contribution in [-0.4, -0.2) is 59.6 Å². The molecule has 0 aliphatic carbocycles. The highest BCUT2D eigenvalue weighted by molar-refractivity contribution is 5.70. The Morgan fingerprint density at radius 3 is 2.78 bits per heavy atom. The second kappa shape index (κ2) is 9.84. The van der Waals surface area contributed by atoms with Gasteiger partial charge in [-0.1, -0.05) is 6.07 Å². The topological polar surface area (TPSA) is 87.3 Å². The Labute approximate surface area is 218 Å². The van der Waals surface area contributed by atoms with Crippen LogP contribution in [0.5, 0.6) is 5.75 Å². The molecule has 1 amide bonds. The van der Waals surface area contributed by atoms with E-state index in [9.17, 15) is 4.79 Å². The minimum absolute atomic E-state index is 0.185. The second-order valence-electron chi connectivity index (χ2n) is 11.5. The van der Waals surface area contributed by atoms with Crippen molar-refractivity contribution in [2.24, 2.45) is 0 Å². The molecule has 4 heterocycles. The lowest BCUT2D eigenvalue weighted by Crippen LogP contribution is -2.43. The van der Waals surface area contributed by atoms with Crippen LogP contribution in [0.2, 0.25) is 0 Å². The van der Waals surface area contributed by atoms with Crippen molar-refractivity contribution in [1.82, 2.24) is 29.2 Å². The highest BCUT2D eigenvalue weighted by Gasteiger charge is 2.36. The van der Waals surface area contributed by atoms with Gasteiger partial charge >= 0.3 is 6.09 Å². The number of carbonyl (C=O) groups excluding carboxylic acids is 1. The molecule has 2 unspecified atom stereocenters. The number of amides is 1. The number of carbonyl (C=O) groups is 1. The van der Waals surface area contributed by atoms with Gasteiger partial charge in [-0.25, -0.2) is 19.4 Å². The van der Waals surface area contributed by atoms with E-state index in [0.717, 1.165) is 54.3 Å². The quantitative estimate of drug-likeness (QED) is 0.454. The molecule has 2 aliphatic heterocycles. The molecule has 9 nitrogen and oxygen atoms in total. The van der Waals surface area contributed by atoms with Crippen molar-refractivity contribution in [3.63, 3.8) is 0 Å². The Kier molecular flexibility index (Phi) is 6.72. The predicted molar refractivity (Wildman–Crippen MR) is 141 cm³/mol. The molecule has 0 N–H and O–H groups in total. The van der Waals surface area contributed by atoms with Crippen LogP contribution in [0.3, 0.4) is 0 Å². The predicted octanol–water partition coefficient (Wildman–Crippen LogP) is 5.50. The molecular weight excluding hydrogens is 468 g/mol. The maximum absolute atomic E-state index is 12.8. The highest BCUT2D eigenvalue weighted by atomic mass is 16.6. The van der Waals surface area contributed by atoms with Gasteiger partial charge in [0.2, 0.25) is 0 Å². The van der Waals surface area contributed by atoms with Gasteiger partial charge in [0.1, 0.15) is 35.8 Å². The minimum atomic E-state index is -0.492. The fourth-order valence-corrected chi connectivity index (χ4v) is 5.33. The van der Waals surface area contributed by atoms with E-state index in [4.69, 9.17) is 14.5 Å². The van der Waals surface area contributed by atoms with Gasteiger partial charge in [0.05, 0.1) is 12.1 Å². The first-order valence-electron chi connectivity index (χ1n) is 13.3. The van der Waals surface area contributed by atoms with Gasteiger partial charge < -0.3 is 18.9 Å². The Balaban J connectivity index is 1.33. The number of nitrogens with zero attached hydrogens (tertiary/aromatic N) is 6. The molecule has 37 heavy (non-hydrogen) atoms. The fourth-order valence-electron chi connectivity index (χ4n) is 5.33. The Morgan fingerprint density at radius 2 is 2.03 bits per heavy atom. The first-order chi connectivity index (χ1) is 17.6. The van der Waals surface area contributed by atoms with Crippen LogP contribution < -0.4 is 4.74 Å². The zero-order valence-corrected chi connectivity index (χ0v) is 22.8. The summed E-state index contributed by atoms with van der Waals surface area (Å²) in [5.74, 6) is 2.51. The number of hydrogen-bond donors (Lipinski definition) is 0. The Morgan fingerprint density at radius 1 is 1.22 bits per heavy atom. The third-order valence-corrected chi connectivity index (χ3v) is 7.10. The number of rotatable bonds is 5. The third-order valence-electron chi connectivity index (χ3n) is 7.10. The van der Waals surface area contributed by atoms with E-state index in [-0.39, 0.29) is 24.2 Å². The van der Waals surface area contributed by atoms with Gasteiger partial charge in [0, 0.05) is 24.3 Å². The molecule has 0 radical (unpaired) electrons. The fraction of sp³-hybridized carbons (Fsp3) is 0.571. The first-order valence-corrected chi connectivity index (χ1v) is 13.3. The largest absolute Gasteiger partial charge is 0.491 e. The number of imidazole rings is 1. The molecule has 198 valence electrons. The van der Waals surface area contributed by atoms with Gasteiger partial charge in [0.25, 0.3) is 0 Å². The Hall–Kier alpha value is -3.36. The van der Waals surface area contributed by atoms with E-state index in [1.54, 1.807) is 6.33 Å². The number of likely N-dealkylation sites (tertiary alicyclic amines) is 1. The van der Waals surface area contributed by atoms with Crippen molar-refractivity contribution in [3.8, 4) is 28.7 Å². The van der Waals surface area contributed by atoms with Gasteiger partial charge in [0.15, 0.2) is 5.82 Å². The van der Waals surface area contributed by atoms with E-state index < -0.39 is 5.60 Å². The van der Waals surface area contributed by atoms with Crippen molar-refractivity contribution in [2.75, 3.05) is 6.61 Å². The third kappa shape index (κ3) is 5.22. The number of ether oxygens (including phenoxy) is 2. The molecule has 0 saturated carbocycles. The molecule has 0 bridgehead atoms. The van der Waals surface area contributed by atoms with Crippen LogP contribution in [0.25, 0.3) is 22.9 Å². The summed E-state index contributed by atoms with van der Waals surface area (Å²) in [5.41, 5.74) is 2.50. The normalized spacial score (nSPS) is 19.4. The van der Waals surface area contributed by atoms with Crippen LogP contribution in [0.15, 0.2) is 30.7 Å². The summed E-state index contributed by atoms with van der Waals surface area (Å²) in [5, 5.41) is 4.36. The maximum Gasteiger partial charge on any atom is 0.410 e. The molecule has 1 saturated heterocycles. The molecule has 2 atom stereocenters. The van der Waals surface area contributed by atoms with Crippen molar-refractivity contribution >= 4 is 6.09 Å². The molecule has 2 aromatic heterocycles. The molecule has 1 aromatic carbocycles. The van der Waals surface area contributed by atoms with Crippen LogP contribution >= 0.6 is 0 Å². The summed E-state index contributed by atoms with van der Waals surface area (Å²) in [6.07, 6.45) is 7.19. The van der Waals surface area contributed by atoms with E-state index in [1.807, 2.05) is 36.5 Å². The van der Waals surface area contributed by atoms with Crippen LogP contribution in [-0.2, 0) is 17.7 Å². The summed E-state index contributed by atoms with van der Waals surface area (Å²) in [4.78, 5) is 24.2. The van der Waals surface area contributed by atoms with E-state index in [0.29, 0.717) is 13.2 Å². The average Bonchev–Trinajstić information content (AvgIpc) is 3.53. The van der Waals surface area contributed by atoms with Crippen LogP contribution in [0.1, 0.15) is 72.4 Å². The average molecular weight is 507 g/mol. The zero-order valence-electron chi connectivity index (χ0n) is 22.8. The van der Waals surface area contributed by atoms with Crippen molar-refractivity contribution in [1.29, 1.82) is 0 Å². The first kappa shape index (κ1) is 25.3. The summed E-state index contributed by atoms with van der Waals surface area (Å²) >= 11 is 0. The summed E-state index contributed by atoms with van der Waals surface area (Å²) in [6.45, 7) is 13.3. The molecule has 9 heteroatoms. The van der Waals surface area contributed by atoms with Crippen molar-refractivity contribution in [2.45, 2.75) is 97.5 Å². The molecule has 2 aliphatic rings. The lowest BCUT2D eigenvalue weighted by molar-refractivity contribution is 0.0154. The summed E-state index contributed by atoms with van der Waals surface area (Å²) < 4.78 is 15.9. The SMILES string of the molecule is CC1CCC(CCc2ccc3c(c2)OCCn2cc(-c4ncnn4C(C)C)nc2-3)N1C(=O)OC(C)(C)C. The molecule has 0 spiro atoms. The lowest BCUT2D eigenvalue weighted by Gasteiger charge is -2.31. The van der Waals surface area contributed by atoms with E-state index in [1.165, 1.54) is 5.56 Å². The standard InChI is InChI=1S/C28H38N6O3/c1-18(2)34-26(29-17-30-34)23-16-32-13-14-36-24-15-20(9-12-22(24)25(32)31-23)8-11-21-10-7-19(3)33(21)27(35)37-28(4,5)6/h9,12,15-19,21H,7-8,10-11,13-14H2,1-6H3. The Bertz CT molecular complexity index is 1270. The summed E-state index contributed by atoms with van der Waals surface area (Å²) in [7, 11) is 0. The summed E-state index contributed by atoms with van der Waals surface area (Å²) in [6, 6.07) is 6.97. The van der Waals surface area contributed by atoms with Crippen LogP contribution in [0, 0.1) is 0 Å². The number of hydrogen-bond acceptors (Lipinski definition) is 6. The van der Waals surface area contributed by atoms with E-state index in [2.05, 4.69) is 53.6 Å². The van der Waals surface area contributed by atoms with E-state index >= 15 is 0 Å². The second-order valence-corrected chi connectivity index (χ2v) is 11.5. The number of benzene rings is 1. The van der Waals surface area contributed by atoms with Crippen LogP contribution in [0.4, 0.5) is 4.79 Å². The molecular formula is C28H38N6O3. The van der Waals surface area contributed by atoms with Crippen molar-refractivity contribution < 1.29 is 14.3 Å². The monoisotopic (exact) mass is 506 g/mol. The van der Waals surface area contributed by atoms with Gasteiger partial charge in [-0.15, -0.1) is 0 Å². The van der Waals surface area contributed by atoms with Crippen molar-refractivity contribution in [3.05, 3.63) is 36.3 Å². The highest BCUT2D eigenvalue weighted by Crippen LogP contribution is 2.36. The smallest absolute Gasteiger partial charge is 0.410 e.